The van der Waals surface area contributed by atoms with E-state index < -0.39 is 0 Å². The van der Waals surface area contributed by atoms with E-state index in [1.165, 1.54) is 34.0 Å². The van der Waals surface area contributed by atoms with Crippen LogP contribution in [-0.4, -0.2) is 18.1 Å². The highest BCUT2D eigenvalue weighted by Gasteiger charge is 2.33. The Morgan fingerprint density at radius 2 is 1.68 bits per heavy atom. The van der Waals surface area contributed by atoms with E-state index in [0.29, 0.717) is 23.5 Å². The molecule has 1 aromatic rings. The summed E-state index contributed by atoms with van der Waals surface area (Å²) in [5, 5.41) is 7.58. The van der Waals surface area contributed by atoms with Gasteiger partial charge in [0.2, 0.25) is 0 Å². The summed E-state index contributed by atoms with van der Waals surface area (Å²) < 4.78 is 1.17. The molecule has 2 nitrogen and oxygen atoms in total. The Labute approximate surface area is 144 Å². The molecule has 3 unspecified atom stereocenters. The summed E-state index contributed by atoms with van der Waals surface area (Å²) in [6.07, 6.45) is 2.57. The first-order chi connectivity index (χ1) is 10.2. The molecule has 124 valence electrons. The number of benzene rings is 1. The van der Waals surface area contributed by atoms with Crippen molar-refractivity contribution >= 4 is 15.9 Å². The fraction of sp³-hybridized carbons (Fsp3) is 0.684. The van der Waals surface area contributed by atoms with Crippen molar-refractivity contribution in [1.29, 1.82) is 0 Å². The van der Waals surface area contributed by atoms with Gasteiger partial charge >= 0.3 is 0 Å². The summed E-state index contributed by atoms with van der Waals surface area (Å²) in [4.78, 5) is 0. The minimum absolute atomic E-state index is 0.318. The topological polar surface area (TPSA) is 24.1 Å². The SMILES string of the molecule is Cc1cc(Br)cc(C)c1CNC1CCC1NC(C)C(C)(C)C. The molecule has 1 aliphatic rings. The van der Waals surface area contributed by atoms with Gasteiger partial charge < -0.3 is 10.6 Å². The molecular formula is C19H31BrN2. The van der Waals surface area contributed by atoms with Crippen LogP contribution >= 0.6 is 15.9 Å². The first-order valence-corrected chi connectivity index (χ1v) is 9.23. The zero-order chi connectivity index (χ0) is 16.5. The van der Waals surface area contributed by atoms with Crippen LogP contribution in [0.1, 0.15) is 57.2 Å². The minimum atomic E-state index is 0.318. The second-order valence-corrected chi connectivity index (χ2v) is 8.86. The first-order valence-electron chi connectivity index (χ1n) is 8.43. The van der Waals surface area contributed by atoms with Gasteiger partial charge in [-0.3, -0.25) is 0 Å². The second kappa shape index (κ2) is 7.02. The molecule has 3 heteroatoms. The average Bonchev–Trinajstić information content (AvgIpc) is 2.36. The molecule has 0 heterocycles. The van der Waals surface area contributed by atoms with Gasteiger partial charge in [-0.1, -0.05) is 36.7 Å². The number of hydrogen-bond donors (Lipinski definition) is 2. The number of rotatable bonds is 5. The predicted octanol–water partition coefficient (Wildman–Crippen LogP) is 4.71. The molecule has 1 aliphatic carbocycles. The zero-order valence-electron chi connectivity index (χ0n) is 14.9. The quantitative estimate of drug-likeness (QED) is 0.788. The van der Waals surface area contributed by atoms with Gasteiger partial charge in [-0.25, -0.2) is 0 Å². The standard InChI is InChI=1S/C19H31BrN2/c1-12-9-15(20)10-13(2)16(12)11-21-17-7-8-18(17)22-14(3)19(4,5)6/h9-10,14,17-18,21-22H,7-8,11H2,1-6H3. The van der Waals surface area contributed by atoms with Crippen LogP contribution in [0.2, 0.25) is 0 Å². The molecule has 1 saturated carbocycles. The van der Waals surface area contributed by atoms with Gasteiger partial charge in [-0.15, -0.1) is 0 Å². The van der Waals surface area contributed by atoms with Crippen LogP contribution in [0.4, 0.5) is 0 Å². The summed E-state index contributed by atoms with van der Waals surface area (Å²) in [7, 11) is 0. The van der Waals surface area contributed by atoms with Crippen LogP contribution in [-0.2, 0) is 6.54 Å². The Kier molecular flexibility index (Phi) is 5.73. The lowest BCUT2D eigenvalue weighted by Crippen LogP contribution is -2.59. The zero-order valence-corrected chi connectivity index (χ0v) is 16.5. The van der Waals surface area contributed by atoms with Gasteiger partial charge in [0.25, 0.3) is 0 Å². The van der Waals surface area contributed by atoms with Gasteiger partial charge in [-0.2, -0.15) is 0 Å². The summed E-state index contributed by atoms with van der Waals surface area (Å²) in [5.41, 5.74) is 4.49. The third-order valence-electron chi connectivity index (χ3n) is 5.24. The van der Waals surface area contributed by atoms with E-state index in [-0.39, 0.29) is 0 Å². The molecular weight excluding hydrogens is 336 g/mol. The van der Waals surface area contributed by atoms with Crippen LogP contribution in [0.3, 0.4) is 0 Å². The smallest absolute Gasteiger partial charge is 0.0225 e. The van der Waals surface area contributed by atoms with Gasteiger partial charge in [0, 0.05) is 29.1 Å². The van der Waals surface area contributed by atoms with Crippen molar-refractivity contribution < 1.29 is 0 Å². The molecule has 22 heavy (non-hydrogen) atoms. The lowest BCUT2D eigenvalue weighted by Gasteiger charge is -2.42. The Bertz CT molecular complexity index is 496. The molecule has 0 bridgehead atoms. The summed E-state index contributed by atoms with van der Waals surface area (Å²) >= 11 is 3.58. The number of halogens is 1. The Morgan fingerprint density at radius 1 is 1.14 bits per heavy atom. The largest absolute Gasteiger partial charge is 0.309 e. The van der Waals surface area contributed by atoms with Crippen LogP contribution in [0.5, 0.6) is 0 Å². The molecule has 3 atom stereocenters. The van der Waals surface area contributed by atoms with Crippen molar-refractivity contribution in [2.24, 2.45) is 5.41 Å². The average molecular weight is 367 g/mol. The van der Waals surface area contributed by atoms with Crippen LogP contribution in [0, 0.1) is 19.3 Å². The van der Waals surface area contributed by atoms with Crippen molar-refractivity contribution in [2.75, 3.05) is 0 Å². The highest BCUT2D eigenvalue weighted by molar-refractivity contribution is 9.10. The van der Waals surface area contributed by atoms with Gasteiger partial charge in [0.05, 0.1) is 0 Å². The molecule has 0 amide bonds. The molecule has 0 aromatic heterocycles. The van der Waals surface area contributed by atoms with E-state index in [0.717, 1.165) is 6.54 Å². The van der Waals surface area contributed by atoms with Crippen LogP contribution in [0.15, 0.2) is 16.6 Å². The number of hydrogen-bond acceptors (Lipinski definition) is 2. The van der Waals surface area contributed by atoms with Crippen molar-refractivity contribution in [3.63, 3.8) is 0 Å². The molecule has 0 radical (unpaired) electrons. The van der Waals surface area contributed by atoms with Crippen LogP contribution in [0.25, 0.3) is 0 Å². The van der Waals surface area contributed by atoms with E-state index in [1.807, 2.05) is 0 Å². The molecule has 1 fully saturated rings. The van der Waals surface area contributed by atoms with E-state index in [4.69, 9.17) is 0 Å². The van der Waals surface area contributed by atoms with Crippen LogP contribution < -0.4 is 10.6 Å². The molecule has 2 N–H and O–H groups in total. The molecule has 0 aliphatic heterocycles. The lowest BCUT2D eigenvalue weighted by atomic mass is 9.82. The summed E-state index contributed by atoms with van der Waals surface area (Å²) in [5.74, 6) is 0. The second-order valence-electron chi connectivity index (χ2n) is 7.94. The minimum Gasteiger partial charge on any atom is -0.309 e. The monoisotopic (exact) mass is 366 g/mol. The van der Waals surface area contributed by atoms with Gasteiger partial charge in [-0.05, 0) is 67.9 Å². The summed E-state index contributed by atoms with van der Waals surface area (Å²) in [6.45, 7) is 14.6. The van der Waals surface area contributed by atoms with Gasteiger partial charge in [0.15, 0.2) is 0 Å². The van der Waals surface area contributed by atoms with E-state index in [9.17, 15) is 0 Å². The molecule has 2 rings (SSSR count). The summed E-state index contributed by atoms with van der Waals surface area (Å²) in [6, 6.07) is 6.18. The maximum absolute atomic E-state index is 3.81. The highest BCUT2D eigenvalue weighted by Crippen LogP contribution is 2.26. The van der Waals surface area contributed by atoms with Gasteiger partial charge in [0.1, 0.15) is 0 Å². The third kappa shape index (κ3) is 4.33. The van der Waals surface area contributed by atoms with Crippen molar-refractivity contribution in [2.45, 2.75) is 79.1 Å². The van der Waals surface area contributed by atoms with Crippen molar-refractivity contribution in [3.8, 4) is 0 Å². The van der Waals surface area contributed by atoms with E-state index in [1.54, 1.807) is 0 Å². The Balaban J connectivity index is 1.90. The Morgan fingerprint density at radius 3 is 2.14 bits per heavy atom. The molecule has 0 saturated heterocycles. The third-order valence-corrected chi connectivity index (χ3v) is 5.70. The Hall–Kier alpha value is -0.380. The number of aryl methyl sites for hydroxylation is 2. The maximum Gasteiger partial charge on any atom is 0.0225 e. The first kappa shape index (κ1) is 18.0. The fourth-order valence-electron chi connectivity index (χ4n) is 2.97. The molecule has 1 aromatic carbocycles. The number of nitrogens with one attached hydrogen (secondary N) is 2. The predicted molar refractivity (Wildman–Crippen MR) is 99.3 cm³/mol. The lowest BCUT2D eigenvalue weighted by molar-refractivity contribution is 0.176. The van der Waals surface area contributed by atoms with E-state index >= 15 is 0 Å². The molecule has 0 spiro atoms. The van der Waals surface area contributed by atoms with E-state index in [2.05, 4.69) is 80.2 Å². The van der Waals surface area contributed by atoms with Crippen molar-refractivity contribution in [3.05, 3.63) is 33.3 Å². The normalized spacial score (nSPS) is 23.2. The fourth-order valence-corrected chi connectivity index (χ4v) is 3.65. The van der Waals surface area contributed by atoms with Crippen molar-refractivity contribution in [1.82, 2.24) is 10.6 Å². The maximum atomic E-state index is 3.81. The highest BCUT2D eigenvalue weighted by atomic mass is 79.9.